The smallest absolute Gasteiger partial charge is 0.322 e. The van der Waals surface area contributed by atoms with Crippen LogP contribution in [0.1, 0.15) is 77.6 Å². The van der Waals surface area contributed by atoms with Crippen LogP contribution in [0.5, 0.6) is 0 Å². The minimum absolute atomic E-state index is 0.196. The fourth-order valence-electron chi connectivity index (χ4n) is 2.49. The largest absolute Gasteiger partial charge is 0.431 e. The van der Waals surface area contributed by atoms with Crippen LogP contribution in [0.25, 0.3) is 0 Å². The molecule has 5 nitrogen and oxygen atoms in total. The Hall–Kier alpha value is -1.26. The number of nitrogens with one attached hydrogen (secondary N) is 2. The lowest BCUT2D eigenvalue weighted by Crippen LogP contribution is -2.40. The van der Waals surface area contributed by atoms with Gasteiger partial charge in [0, 0.05) is 12.5 Å². The van der Waals surface area contributed by atoms with Crippen LogP contribution in [0.3, 0.4) is 0 Å². The number of unbranched alkanes of at least 4 members (excludes halogenated alkanes) is 4. The minimum Gasteiger partial charge on any atom is -0.322 e. The lowest BCUT2D eigenvalue weighted by molar-refractivity contribution is -0.129. The quantitative estimate of drug-likeness (QED) is 0.556. The zero-order valence-corrected chi connectivity index (χ0v) is 12.6. The molecule has 0 aromatic heterocycles. The van der Waals surface area contributed by atoms with Gasteiger partial charge >= 0.3 is 6.09 Å². The summed E-state index contributed by atoms with van der Waals surface area (Å²) in [4.78, 5) is 27.7. The summed E-state index contributed by atoms with van der Waals surface area (Å²) in [5.74, 6) is -0.222. The Labute approximate surface area is 121 Å². The summed E-state index contributed by atoms with van der Waals surface area (Å²) in [6, 6.07) is 0.196. The van der Waals surface area contributed by atoms with Crippen molar-refractivity contribution in [1.82, 2.24) is 10.8 Å². The summed E-state index contributed by atoms with van der Waals surface area (Å²) in [7, 11) is 0. The van der Waals surface area contributed by atoms with Crippen LogP contribution in [-0.2, 0) is 9.63 Å². The summed E-state index contributed by atoms with van der Waals surface area (Å²) in [5.41, 5.74) is 2.21. The monoisotopic (exact) mass is 284 g/mol. The Kier molecular flexibility index (Phi) is 8.83. The highest BCUT2D eigenvalue weighted by molar-refractivity contribution is 5.77. The van der Waals surface area contributed by atoms with Gasteiger partial charge in [0.05, 0.1) is 0 Å². The standard InChI is InChI=1S/C15H28N2O3/c1-2-3-4-5-9-12-14(18)17-20-15(19)16-13-10-7-6-8-11-13/h13H,2-12H2,1H3,(H,16,19)(H,17,18). The highest BCUT2D eigenvalue weighted by Gasteiger charge is 2.16. The summed E-state index contributed by atoms with van der Waals surface area (Å²) < 4.78 is 0. The van der Waals surface area contributed by atoms with Crippen molar-refractivity contribution in [2.75, 3.05) is 0 Å². The lowest BCUT2D eigenvalue weighted by Gasteiger charge is -2.22. The van der Waals surface area contributed by atoms with E-state index in [0.29, 0.717) is 6.42 Å². The molecule has 1 saturated carbocycles. The second-order valence-corrected chi connectivity index (χ2v) is 5.56. The predicted molar refractivity (Wildman–Crippen MR) is 78.0 cm³/mol. The topological polar surface area (TPSA) is 67.4 Å². The Morgan fingerprint density at radius 1 is 1.05 bits per heavy atom. The van der Waals surface area contributed by atoms with E-state index < -0.39 is 6.09 Å². The van der Waals surface area contributed by atoms with Gasteiger partial charge in [-0.2, -0.15) is 5.48 Å². The minimum atomic E-state index is -0.545. The van der Waals surface area contributed by atoms with E-state index in [2.05, 4.69) is 17.7 Å². The zero-order valence-electron chi connectivity index (χ0n) is 12.6. The van der Waals surface area contributed by atoms with Crippen LogP contribution in [0.4, 0.5) is 4.79 Å². The summed E-state index contributed by atoms with van der Waals surface area (Å²) in [6.07, 6.45) is 10.9. The molecular formula is C15H28N2O3. The van der Waals surface area contributed by atoms with Crippen molar-refractivity contribution in [3.05, 3.63) is 0 Å². The van der Waals surface area contributed by atoms with Crippen LogP contribution in [0.15, 0.2) is 0 Å². The van der Waals surface area contributed by atoms with Crippen LogP contribution >= 0.6 is 0 Å². The van der Waals surface area contributed by atoms with Gasteiger partial charge in [0.2, 0.25) is 0 Å². The number of hydrogen-bond donors (Lipinski definition) is 2. The van der Waals surface area contributed by atoms with Gasteiger partial charge in [-0.1, -0.05) is 51.9 Å². The Balaban J connectivity index is 2.00. The van der Waals surface area contributed by atoms with Gasteiger partial charge in [-0.25, -0.2) is 4.79 Å². The van der Waals surface area contributed by atoms with E-state index >= 15 is 0 Å². The van der Waals surface area contributed by atoms with Gasteiger partial charge in [0.1, 0.15) is 0 Å². The molecule has 116 valence electrons. The third-order valence-electron chi connectivity index (χ3n) is 3.69. The maximum atomic E-state index is 11.5. The summed E-state index contributed by atoms with van der Waals surface area (Å²) >= 11 is 0. The molecule has 0 spiro atoms. The fourth-order valence-corrected chi connectivity index (χ4v) is 2.49. The number of hydrogen-bond acceptors (Lipinski definition) is 3. The van der Waals surface area contributed by atoms with Gasteiger partial charge in [-0.05, 0) is 19.3 Å². The molecule has 0 aliphatic heterocycles. The maximum absolute atomic E-state index is 11.5. The first-order valence-electron chi connectivity index (χ1n) is 7.98. The Bertz CT molecular complexity index is 289. The average molecular weight is 284 g/mol. The van der Waals surface area contributed by atoms with E-state index in [0.717, 1.165) is 44.9 Å². The van der Waals surface area contributed by atoms with Crippen LogP contribution in [-0.4, -0.2) is 18.0 Å². The normalized spacial score (nSPS) is 15.7. The highest BCUT2D eigenvalue weighted by atomic mass is 16.7. The van der Waals surface area contributed by atoms with Crippen LogP contribution in [0, 0.1) is 0 Å². The molecular weight excluding hydrogens is 256 g/mol. The maximum Gasteiger partial charge on any atom is 0.431 e. The van der Waals surface area contributed by atoms with Gasteiger partial charge in [0.25, 0.3) is 5.91 Å². The lowest BCUT2D eigenvalue weighted by atomic mass is 9.96. The van der Waals surface area contributed by atoms with Crippen LogP contribution in [0.2, 0.25) is 0 Å². The van der Waals surface area contributed by atoms with Crippen molar-refractivity contribution in [2.45, 2.75) is 83.6 Å². The van der Waals surface area contributed by atoms with Gasteiger partial charge in [-0.3, -0.25) is 4.79 Å². The molecule has 0 radical (unpaired) electrons. The highest BCUT2D eigenvalue weighted by Crippen LogP contribution is 2.17. The summed E-state index contributed by atoms with van der Waals surface area (Å²) in [5, 5.41) is 2.78. The molecule has 20 heavy (non-hydrogen) atoms. The first-order chi connectivity index (χ1) is 9.72. The molecule has 2 N–H and O–H groups in total. The first kappa shape index (κ1) is 16.8. The summed E-state index contributed by atoms with van der Waals surface area (Å²) in [6.45, 7) is 2.16. The molecule has 1 rings (SSSR count). The van der Waals surface area contributed by atoms with E-state index in [4.69, 9.17) is 4.84 Å². The molecule has 0 atom stereocenters. The zero-order chi connectivity index (χ0) is 14.6. The fraction of sp³-hybridized carbons (Fsp3) is 0.867. The number of carbonyl (C=O) groups excluding carboxylic acids is 2. The van der Waals surface area contributed by atoms with E-state index in [9.17, 15) is 9.59 Å². The van der Waals surface area contributed by atoms with Crippen molar-refractivity contribution in [3.8, 4) is 0 Å². The molecule has 0 heterocycles. The van der Waals surface area contributed by atoms with Crippen molar-refractivity contribution in [2.24, 2.45) is 0 Å². The molecule has 1 aliphatic carbocycles. The first-order valence-corrected chi connectivity index (χ1v) is 7.98. The van der Waals surface area contributed by atoms with Gasteiger partial charge < -0.3 is 10.2 Å². The van der Waals surface area contributed by atoms with E-state index in [1.54, 1.807) is 0 Å². The molecule has 0 unspecified atom stereocenters. The number of amides is 2. The molecule has 5 heteroatoms. The predicted octanol–water partition coefficient (Wildman–Crippen LogP) is 3.44. The molecule has 2 amide bonds. The van der Waals surface area contributed by atoms with E-state index in [-0.39, 0.29) is 11.9 Å². The van der Waals surface area contributed by atoms with E-state index in [1.165, 1.54) is 19.3 Å². The van der Waals surface area contributed by atoms with E-state index in [1.807, 2.05) is 0 Å². The molecule has 1 fully saturated rings. The third kappa shape index (κ3) is 8.02. The van der Waals surface area contributed by atoms with Gasteiger partial charge in [-0.15, -0.1) is 0 Å². The Morgan fingerprint density at radius 2 is 1.75 bits per heavy atom. The molecule has 0 aromatic rings. The number of rotatable bonds is 7. The molecule has 0 aromatic carbocycles. The van der Waals surface area contributed by atoms with Crippen molar-refractivity contribution >= 4 is 12.0 Å². The number of carbonyl (C=O) groups is 2. The van der Waals surface area contributed by atoms with Gasteiger partial charge in [0.15, 0.2) is 0 Å². The molecule has 1 aliphatic rings. The average Bonchev–Trinajstić information content (AvgIpc) is 2.46. The molecule has 0 saturated heterocycles. The van der Waals surface area contributed by atoms with Crippen molar-refractivity contribution in [1.29, 1.82) is 0 Å². The second-order valence-electron chi connectivity index (χ2n) is 5.56. The second kappa shape index (κ2) is 10.5. The SMILES string of the molecule is CCCCCCCC(=O)NOC(=O)NC1CCCCC1. The third-order valence-corrected chi connectivity index (χ3v) is 3.69. The van der Waals surface area contributed by atoms with Crippen LogP contribution < -0.4 is 10.8 Å². The number of hydroxylamine groups is 1. The van der Waals surface area contributed by atoms with Crippen molar-refractivity contribution in [3.63, 3.8) is 0 Å². The molecule has 0 bridgehead atoms. The Morgan fingerprint density at radius 3 is 2.45 bits per heavy atom. The van der Waals surface area contributed by atoms with Crippen molar-refractivity contribution < 1.29 is 14.4 Å².